The van der Waals surface area contributed by atoms with Gasteiger partial charge in [-0.1, -0.05) is 18.2 Å². The van der Waals surface area contributed by atoms with Crippen LogP contribution in [-0.2, 0) is 9.53 Å². The van der Waals surface area contributed by atoms with Crippen molar-refractivity contribution in [3.8, 4) is 11.5 Å². The summed E-state index contributed by atoms with van der Waals surface area (Å²) in [5.41, 5.74) is 0.779. The first kappa shape index (κ1) is 20.4. The molecule has 9 heteroatoms. The van der Waals surface area contributed by atoms with Crippen LogP contribution in [0.3, 0.4) is 0 Å². The van der Waals surface area contributed by atoms with Gasteiger partial charge >= 0.3 is 6.16 Å². The molecule has 0 bridgehead atoms. The Labute approximate surface area is 170 Å². The summed E-state index contributed by atoms with van der Waals surface area (Å²) >= 11 is 1.09. The molecule has 0 spiro atoms. The van der Waals surface area contributed by atoms with E-state index in [4.69, 9.17) is 14.2 Å². The van der Waals surface area contributed by atoms with Gasteiger partial charge in [0.2, 0.25) is 0 Å². The maximum Gasteiger partial charge on any atom is 0.513 e. The van der Waals surface area contributed by atoms with Crippen molar-refractivity contribution in [1.29, 1.82) is 0 Å². The molecule has 1 heterocycles. The minimum Gasteiger partial charge on any atom is -0.493 e. The van der Waals surface area contributed by atoms with E-state index in [1.54, 1.807) is 37.3 Å². The number of carbonyl (C=O) groups excluding carboxylic acids is 2. The lowest BCUT2D eigenvalue weighted by atomic mass is 10.2. The highest BCUT2D eigenvalue weighted by Crippen LogP contribution is 2.32. The maximum absolute atomic E-state index is 13.7. The van der Waals surface area contributed by atoms with Crippen molar-refractivity contribution in [3.63, 3.8) is 0 Å². The predicted molar refractivity (Wildman–Crippen MR) is 108 cm³/mol. The fourth-order valence-corrected chi connectivity index (χ4v) is 3.21. The standard InChI is InChI=1S/C20H17FN2O5S/c1-3-27-20(25)28-15-9-8-12(10-16(15)26-2)11-17-18(24)23-19(29-17)22-14-7-5-4-6-13(14)21/h4-11H,3H2,1-2H3,(H,22,23,24)/b17-11-. The number of benzene rings is 2. The van der Waals surface area contributed by atoms with Gasteiger partial charge in [-0.25, -0.2) is 14.2 Å². The van der Waals surface area contributed by atoms with Crippen molar-refractivity contribution in [1.82, 2.24) is 5.32 Å². The summed E-state index contributed by atoms with van der Waals surface area (Å²) < 4.78 is 28.8. The van der Waals surface area contributed by atoms with Crippen LogP contribution in [0.2, 0.25) is 0 Å². The fraction of sp³-hybridized carbons (Fsp3) is 0.150. The smallest absolute Gasteiger partial charge is 0.493 e. The van der Waals surface area contributed by atoms with Crippen molar-refractivity contribution in [2.45, 2.75) is 6.92 Å². The highest BCUT2D eigenvalue weighted by atomic mass is 32.2. The first-order chi connectivity index (χ1) is 14.0. The number of para-hydroxylation sites is 1. The lowest BCUT2D eigenvalue weighted by Gasteiger charge is -2.09. The maximum atomic E-state index is 13.7. The van der Waals surface area contributed by atoms with Gasteiger partial charge in [-0.3, -0.25) is 4.79 Å². The number of aliphatic imine (C=N–C) groups is 1. The number of nitrogens with one attached hydrogen (secondary N) is 1. The third-order valence-electron chi connectivity index (χ3n) is 3.67. The van der Waals surface area contributed by atoms with E-state index in [0.29, 0.717) is 16.2 Å². The summed E-state index contributed by atoms with van der Waals surface area (Å²) in [7, 11) is 1.43. The first-order valence-corrected chi connectivity index (χ1v) is 9.38. The second-order valence-corrected chi connectivity index (χ2v) is 6.66. The zero-order chi connectivity index (χ0) is 20.8. The molecular weight excluding hydrogens is 399 g/mol. The number of amidine groups is 1. The number of amides is 1. The number of halogens is 1. The highest BCUT2D eigenvalue weighted by Gasteiger charge is 2.24. The lowest BCUT2D eigenvalue weighted by molar-refractivity contribution is -0.115. The van der Waals surface area contributed by atoms with Crippen LogP contribution < -0.4 is 14.8 Å². The average Bonchev–Trinajstić information content (AvgIpc) is 3.04. The quantitative estimate of drug-likeness (QED) is 0.445. The number of nitrogens with zero attached hydrogens (tertiary/aromatic N) is 1. The third kappa shape index (κ3) is 5.14. The van der Waals surface area contributed by atoms with E-state index < -0.39 is 12.0 Å². The highest BCUT2D eigenvalue weighted by molar-refractivity contribution is 8.18. The summed E-state index contributed by atoms with van der Waals surface area (Å²) in [4.78, 5) is 28.2. The van der Waals surface area contributed by atoms with Crippen molar-refractivity contribution in [2.24, 2.45) is 4.99 Å². The number of rotatable bonds is 5. The number of ether oxygens (including phenoxy) is 3. The minimum atomic E-state index is -0.836. The van der Waals surface area contributed by atoms with Gasteiger partial charge in [0, 0.05) is 0 Å². The van der Waals surface area contributed by atoms with E-state index in [-0.39, 0.29) is 29.1 Å². The van der Waals surface area contributed by atoms with E-state index in [9.17, 15) is 14.0 Å². The van der Waals surface area contributed by atoms with Gasteiger partial charge in [-0.2, -0.15) is 0 Å². The molecule has 1 N–H and O–H groups in total. The Morgan fingerprint density at radius 1 is 1.24 bits per heavy atom. The molecule has 150 valence electrons. The Balaban J connectivity index is 1.80. The zero-order valence-electron chi connectivity index (χ0n) is 15.6. The van der Waals surface area contributed by atoms with Crippen molar-refractivity contribution in [2.75, 3.05) is 13.7 Å². The largest absolute Gasteiger partial charge is 0.513 e. The molecule has 0 atom stereocenters. The molecule has 1 aliphatic rings. The molecule has 0 saturated carbocycles. The van der Waals surface area contributed by atoms with Crippen molar-refractivity contribution >= 4 is 40.8 Å². The molecule has 1 saturated heterocycles. The molecule has 0 unspecified atom stereocenters. The van der Waals surface area contributed by atoms with E-state index in [0.717, 1.165) is 11.8 Å². The number of carbonyl (C=O) groups is 2. The average molecular weight is 416 g/mol. The van der Waals surface area contributed by atoms with Crippen LogP contribution in [0, 0.1) is 5.82 Å². The normalized spacial score (nSPS) is 16.0. The molecule has 0 aromatic heterocycles. The number of methoxy groups -OCH3 is 1. The van der Waals surface area contributed by atoms with Crippen molar-refractivity contribution < 1.29 is 28.2 Å². The van der Waals surface area contributed by atoms with E-state index in [1.807, 2.05) is 0 Å². The van der Waals surface area contributed by atoms with Crippen molar-refractivity contribution in [3.05, 3.63) is 58.8 Å². The van der Waals surface area contributed by atoms with Gasteiger partial charge in [-0.05, 0) is 54.6 Å². The Hall–Kier alpha value is -3.33. The molecule has 2 aromatic carbocycles. The van der Waals surface area contributed by atoms with E-state index in [2.05, 4.69) is 10.3 Å². The van der Waals surface area contributed by atoms with Gasteiger partial charge in [0.05, 0.1) is 18.6 Å². The molecule has 29 heavy (non-hydrogen) atoms. The topological polar surface area (TPSA) is 86.2 Å². The molecule has 3 rings (SSSR count). The summed E-state index contributed by atoms with van der Waals surface area (Å²) in [5.74, 6) is -0.334. The molecule has 0 radical (unpaired) electrons. The van der Waals surface area contributed by atoms with Gasteiger partial charge in [-0.15, -0.1) is 0 Å². The summed E-state index contributed by atoms with van der Waals surface area (Å²) in [6.07, 6.45) is 0.789. The Kier molecular flexibility index (Phi) is 6.50. The Morgan fingerprint density at radius 3 is 2.76 bits per heavy atom. The third-order valence-corrected chi connectivity index (χ3v) is 4.58. The molecule has 1 amide bonds. The summed E-state index contributed by atoms with van der Waals surface area (Å²) in [6.45, 7) is 1.86. The van der Waals surface area contributed by atoms with Crippen LogP contribution in [-0.4, -0.2) is 30.9 Å². The van der Waals surface area contributed by atoms with Crippen LogP contribution in [0.25, 0.3) is 6.08 Å². The molecule has 0 aliphatic carbocycles. The van der Waals surface area contributed by atoms with Crippen LogP contribution in [0.4, 0.5) is 14.9 Å². The SMILES string of the molecule is CCOC(=O)Oc1ccc(/C=C2\SC(=Nc3ccccc3F)NC2=O)cc1OC. The lowest BCUT2D eigenvalue weighted by Crippen LogP contribution is -2.19. The van der Waals surface area contributed by atoms with Gasteiger partial charge in [0.25, 0.3) is 5.91 Å². The summed E-state index contributed by atoms with van der Waals surface area (Å²) in [5, 5.41) is 2.88. The zero-order valence-corrected chi connectivity index (χ0v) is 16.4. The minimum absolute atomic E-state index is 0.138. The Morgan fingerprint density at radius 2 is 2.03 bits per heavy atom. The second kappa shape index (κ2) is 9.24. The van der Waals surface area contributed by atoms with Crippen LogP contribution in [0.5, 0.6) is 11.5 Å². The van der Waals surface area contributed by atoms with Crippen LogP contribution in [0.15, 0.2) is 52.4 Å². The van der Waals surface area contributed by atoms with E-state index in [1.165, 1.54) is 25.3 Å². The second-order valence-electron chi connectivity index (χ2n) is 5.63. The molecule has 1 fully saturated rings. The van der Waals surface area contributed by atoms with Gasteiger partial charge in [0.1, 0.15) is 11.5 Å². The van der Waals surface area contributed by atoms with Crippen LogP contribution >= 0.6 is 11.8 Å². The fourth-order valence-electron chi connectivity index (χ4n) is 2.38. The molecule has 7 nitrogen and oxygen atoms in total. The molecular formula is C20H17FN2O5S. The van der Waals surface area contributed by atoms with E-state index >= 15 is 0 Å². The number of hydrogen-bond acceptors (Lipinski definition) is 7. The monoisotopic (exact) mass is 416 g/mol. The molecule has 2 aromatic rings. The summed E-state index contributed by atoms with van der Waals surface area (Å²) in [6, 6.07) is 10.8. The number of hydrogen-bond donors (Lipinski definition) is 1. The molecule has 1 aliphatic heterocycles. The first-order valence-electron chi connectivity index (χ1n) is 8.57. The van der Waals surface area contributed by atoms with Gasteiger partial charge < -0.3 is 19.5 Å². The predicted octanol–water partition coefficient (Wildman–Crippen LogP) is 4.26. The number of thioether (sulfide) groups is 1. The van der Waals surface area contributed by atoms with Crippen LogP contribution in [0.1, 0.15) is 12.5 Å². The van der Waals surface area contributed by atoms with Gasteiger partial charge in [0.15, 0.2) is 16.7 Å². The Bertz CT molecular complexity index is 1010.